The van der Waals surface area contributed by atoms with Crippen LogP contribution in [0.3, 0.4) is 0 Å². The highest BCUT2D eigenvalue weighted by Gasteiger charge is 2.18. The van der Waals surface area contributed by atoms with Crippen LogP contribution in [0.1, 0.15) is 20.8 Å². The standard InChI is InChI=1S/C24H23N3O3S/c1-13-5-7-16(11-14(13)2)26-23(28)22-21(25)17-8-9-18(27-24(17)31-22)15-6-10-19(29-3)20(12-15)30-4/h5-12H,25H2,1-4H3,(H,26,28). The summed E-state index contributed by atoms with van der Waals surface area (Å²) >= 11 is 1.28. The van der Waals surface area contributed by atoms with E-state index in [4.69, 9.17) is 20.2 Å². The van der Waals surface area contributed by atoms with Gasteiger partial charge in [0.2, 0.25) is 0 Å². The van der Waals surface area contributed by atoms with Gasteiger partial charge in [-0.05, 0) is 67.4 Å². The number of aromatic nitrogens is 1. The minimum absolute atomic E-state index is 0.239. The number of nitrogens with one attached hydrogen (secondary N) is 1. The minimum Gasteiger partial charge on any atom is -0.493 e. The van der Waals surface area contributed by atoms with Gasteiger partial charge in [-0.25, -0.2) is 4.98 Å². The number of nitrogens with zero attached hydrogens (tertiary/aromatic N) is 1. The first kappa shape index (κ1) is 20.7. The summed E-state index contributed by atoms with van der Waals surface area (Å²) in [5.41, 5.74) is 11.4. The van der Waals surface area contributed by atoms with Crippen LogP contribution in [0, 0.1) is 13.8 Å². The molecule has 4 rings (SSSR count). The van der Waals surface area contributed by atoms with Crippen molar-refractivity contribution < 1.29 is 14.3 Å². The van der Waals surface area contributed by atoms with Gasteiger partial charge in [-0.3, -0.25) is 4.79 Å². The third kappa shape index (κ3) is 3.92. The van der Waals surface area contributed by atoms with E-state index in [1.165, 1.54) is 16.9 Å². The summed E-state index contributed by atoms with van der Waals surface area (Å²) in [6, 6.07) is 15.2. The normalized spacial score (nSPS) is 10.8. The van der Waals surface area contributed by atoms with Crippen molar-refractivity contribution in [3.8, 4) is 22.8 Å². The van der Waals surface area contributed by atoms with Gasteiger partial charge in [0.15, 0.2) is 11.5 Å². The Kier molecular flexibility index (Phi) is 5.52. The number of fused-ring (bicyclic) bond motifs is 1. The zero-order valence-corrected chi connectivity index (χ0v) is 18.6. The van der Waals surface area contributed by atoms with Gasteiger partial charge in [0.1, 0.15) is 9.71 Å². The van der Waals surface area contributed by atoms with E-state index < -0.39 is 0 Å². The molecule has 158 valence electrons. The number of nitrogen functional groups attached to an aromatic ring is 1. The van der Waals surface area contributed by atoms with Crippen LogP contribution in [0.2, 0.25) is 0 Å². The highest BCUT2D eigenvalue weighted by atomic mass is 32.1. The Morgan fingerprint density at radius 3 is 2.45 bits per heavy atom. The lowest BCUT2D eigenvalue weighted by Crippen LogP contribution is -2.12. The van der Waals surface area contributed by atoms with Gasteiger partial charge in [0.25, 0.3) is 5.91 Å². The smallest absolute Gasteiger partial charge is 0.267 e. The summed E-state index contributed by atoms with van der Waals surface area (Å²) in [6.45, 7) is 4.05. The molecule has 0 aliphatic rings. The number of pyridine rings is 1. The number of nitrogens with two attached hydrogens (primary N) is 1. The number of rotatable bonds is 5. The highest BCUT2D eigenvalue weighted by Crippen LogP contribution is 2.36. The molecular formula is C24H23N3O3S. The molecule has 0 radical (unpaired) electrons. The molecule has 0 spiro atoms. The largest absolute Gasteiger partial charge is 0.493 e. The zero-order chi connectivity index (χ0) is 22.1. The molecule has 6 nitrogen and oxygen atoms in total. The van der Waals surface area contributed by atoms with Crippen LogP contribution in [-0.4, -0.2) is 25.1 Å². The molecule has 3 N–H and O–H groups in total. The minimum atomic E-state index is -0.239. The lowest BCUT2D eigenvalue weighted by atomic mass is 10.1. The Labute approximate surface area is 184 Å². The molecule has 2 aromatic heterocycles. The number of thiophene rings is 1. The number of aryl methyl sites for hydroxylation is 2. The van der Waals surface area contributed by atoms with E-state index in [1.807, 2.05) is 62.4 Å². The molecule has 2 heterocycles. The summed E-state index contributed by atoms with van der Waals surface area (Å²) in [6.07, 6.45) is 0. The Bertz CT molecular complexity index is 1300. The molecule has 0 atom stereocenters. The summed E-state index contributed by atoms with van der Waals surface area (Å²) in [7, 11) is 3.19. The number of ether oxygens (including phenoxy) is 2. The summed E-state index contributed by atoms with van der Waals surface area (Å²) < 4.78 is 10.7. The van der Waals surface area contributed by atoms with Gasteiger partial charge >= 0.3 is 0 Å². The van der Waals surface area contributed by atoms with Crippen molar-refractivity contribution >= 4 is 38.8 Å². The van der Waals surface area contributed by atoms with Crippen LogP contribution in [0.4, 0.5) is 11.4 Å². The topological polar surface area (TPSA) is 86.5 Å². The maximum atomic E-state index is 12.9. The van der Waals surface area contributed by atoms with Crippen molar-refractivity contribution in [3.63, 3.8) is 0 Å². The van der Waals surface area contributed by atoms with Crippen LogP contribution in [0.25, 0.3) is 21.5 Å². The zero-order valence-electron chi connectivity index (χ0n) is 17.8. The maximum Gasteiger partial charge on any atom is 0.267 e. The van der Waals surface area contributed by atoms with E-state index in [2.05, 4.69) is 5.32 Å². The first-order chi connectivity index (χ1) is 14.9. The van der Waals surface area contributed by atoms with Gasteiger partial charge in [-0.15, -0.1) is 11.3 Å². The second-order valence-corrected chi connectivity index (χ2v) is 8.22. The number of benzene rings is 2. The summed E-state index contributed by atoms with van der Waals surface area (Å²) in [5.74, 6) is 1.04. The van der Waals surface area contributed by atoms with Crippen LogP contribution < -0.4 is 20.5 Å². The number of hydrogen-bond acceptors (Lipinski definition) is 6. The number of hydrogen-bond donors (Lipinski definition) is 2. The Balaban J connectivity index is 1.67. The lowest BCUT2D eigenvalue weighted by molar-refractivity contribution is 0.103. The predicted octanol–water partition coefficient (Wildman–Crippen LogP) is 5.43. The molecule has 31 heavy (non-hydrogen) atoms. The van der Waals surface area contributed by atoms with Gasteiger partial charge in [-0.2, -0.15) is 0 Å². The molecule has 4 aromatic rings. The van der Waals surface area contributed by atoms with Crippen molar-refractivity contribution in [1.82, 2.24) is 4.98 Å². The fraction of sp³-hybridized carbons (Fsp3) is 0.167. The average molecular weight is 434 g/mol. The first-order valence-corrected chi connectivity index (χ1v) is 10.5. The SMILES string of the molecule is COc1ccc(-c2ccc3c(N)c(C(=O)Nc4ccc(C)c(C)c4)sc3n2)cc1OC. The van der Waals surface area contributed by atoms with Crippen molar-refractivity contribution in [2.45, 2.75) is 13.8 Å². The summed E-state index contributed by atoms with van der Waals surface area (Å²) in [4.78, 5) is 18.8. The second kappa shape index (κ2) is 8.28. The molecule has 0 aliphatic carbocycles. The van der Waals surface area contributed by atoms with Crippen LogP contribution in [0.5, 0.6) is 11.5 Å². The van der Waals surface area contributed by atoms with E-state index in [9.17, 15) is 4.79 Å². The van der Waals surface area contributed by atoms with Crippen LogP contribution >= 0.6 is 11.3 Å². The van der Waals surface area contributed by atoms with Crippen molar-refractivity contribution in [2.75, 3.05) is 25.3 Å². The number of carbonyl (C=O) groups excluding carboxylic acids is 1. The molecule has 0 unspecified atom stereocenters. The number of methoxy groups -OCH3 is 2. The molecule has 0 bridgehead atoms. The molecule has 0 aliphatic heterocycles. The van der Waals surface area contributed by atoms with Crippen LogP contribution in [-0.2, 0) is 0 Å². The van der Waals surface area contributed by atoms with Crippen molar-refractivity contribution in [2.24, 2.45) is 0 Å². The van der Waals surface area contributed by atoms with Gasteiger partial charge in [0, 0.05) is 16.6 Å². The number of carbonyl (C=O) groups is 1. The highest BCUT2D eigenvalue weighted by molar-refractivity contribution is 7.21. The van der Waals surface area contributed by atoms with E-state index in [-0.39, 0.29) is 5.91 Å². The molecule has 1 amide bonds. The third-order valence-electron chi connectivity index (χ3n) is 5.24. The third-order valence-corrected chi connectivity index (χ3v) is 6.36. The van der Waals surface area contributed by atoms with Crippen LogP contribution in [0.15, 0.2) is 48.5 Å². The molecule has 7 heteroatoms. The monoisotopic (exact) mass is 433 g/mol. The fourth-order valence-electron chi connectivity index (χ4n) is 3.33. The Hall–Kier alpha value is -3.58. The Morgan fingerprint density at radius 2 is 1.74 bits per heavy atom. The Morgan fingerprint density at radius 1 is 0.968 bits per heavy atom. The van der Waals surface area contributed by atoms with E-state index >= 15 is 0 Å². The molecule has 2 aromatic carbocycles. The van der Waals surface area contributed by atoms with Gasteiger partial charge in [-0.1, -0.05) is 6.07 Å². The van der Waals surface area contributed by atoms with E-state index in [0.29, 0.717) is 26.9 Å². The molecular weight excluding hydrogens is 410 g/mol. The maximum absolute atomic E-state index is 12.9. The van der Waals surface area contributed by atoms with E-state index in [1.54, 1.807) is 14.2 Å². The average Bonchev–Trinajstić information content (AvgIpc) is 3.11. The first-order valence-electron chi connectivity index (χ1n) is 9.71. The van der Waals surface area contributed by atoms with E-state index in [0.717, 1.165) is 27.9 Å². The van der Waals surface area contributed by atoms with Gasteiger partial charge < -0.3 is 20.5 Å². The molecule has 0 saturated carbocycles. The fourth-order valence-corrected chi connectivity index (χ4v) is 4.32. The molecule has 0 saturated heterocycles. The summed E-state index contributed by atoms with van der Waals surface area (Å²) in [5, 5.41) is 3.70. The molecule has 0 fully saturated rings. The quantitative estimate of drug-likeness (QED) is 0.438. The second-order valence-electron chi connectivity index (χ2n) is 7.22. The number of anilines is 2. The number of amides is 1. The lowest BCUT2D eigenvalue weighted by Gasteiger charge is -2.09. The van der Waals surface area contributed by atoms with Gasteiger partial charge in [0.05, 0.1) is 25.6 Å². The predicted molar refractivity (Wildman–Crippen MR) is 126 cm³/mol. The van der Waals surface area contributed by atoms with Crippen molar-refractivity contribution in [3.05, 3.63) is 64.5 Å². The van der Waals surface area contributed by atoms with Crippen molar-refractivity contribution in [1.29, 1.82) is 0 Å².